The zero-order valence-electron chi connectivity index (χ0n) is 28.9. The molecule has 0 aromatic carbocycles. The number of nitrogens with zero attached hydrogens (tertiary/aromatic N) is 3. The van der Waals surface area contributed by atoms with Gasteiger partial charge in [0, 0.05) is 23.8 Å². The van der Waals surface area contributed by atoms with Gasteiger partial charge in [-0.05, 0) is 81.5 Å². The molecule has 17 heteroatoms. The van der Waals surface area contributed by atoms with E-state index in [-0.39, 0.29) is 60.7 Å². The topological polar surface area (TPSA) is 144 Å². The summed E-state index contributed by atoms with van der Waals surface area (Å²) in [5, 5.41) is 35.4. The van der Waals surface area contributed by atoms with Crippen molar-refractivity contribution in [1.29, 1.82) is 5.41 Å². The van der Waals surface area contributed by atoms with Gasteiger partial charge in [0.25, 0.3) is 0 Å². The normalized spacial score (nSPS) is 37.0. The van der Waals surface area contributed by atoms with Crippen LogP contribution in [0.4, 0.5) is 26.3 Å². The number of ether oxygens (including phenoxy) is 3. The first-order chi connectivity index (χ1) is 24.0. The first kappa shape index (κ1) is 37.9. The van der Waals surface area contributed by atoms with Gasteiger partial charge in [0.05, 0.1) is 49.9 Å². The van der Waals surface area contributed by atoms with Gasteiger partial charge in [-0.2, -0.15) is 31.2 Å². The number of hydrogen-bond acceptors (Lipinski definition) is 9. The molecule has 0 amide bonds. The summed E-state index contributed by atoms with van der Waals surface area (Å²) in [6, 6.07) is 0. The van der Waals surface area contributed by atoms with Crippen LogP contribution in [-0.2, 0) is 37.1 Å². The number of hydrogen-bond donors (Lipinski definition) is 2. The highest BCUT2D eigenvalue weighted by Crippen LogP contribution is 2.55. The van der Waals surface area contributed by atoms with E-state index in [0.29, 0.717) is 38.0 Å². The van der Waals surface area contributed by atoms with Crippen molar-refractivity contribution < 1.29 is 60.5 Å². The largest absolute Gasteiger partial charge is 0.590 e. The third-order valence-corrected chi connectivity index (χ3v) is 12.1. The van der Waals surface area contributed by atoms with Crippen molar-refractivity contribution in [1.82, 2.24) is 15.0 Å². The molecule has 51 heavy (non-hydrogen) atoms. The highest BCUT2D eigenvalue weighted by molar-refractivity contribution is 5.84. The van der Waals surface area contributed by atoms with E-state index in [4.69, 9.17) is 34.5 Å². The Balaban J connectivity index is 1.26. The Bertz CT molecular complexity index is 1500. The molecule has 1 aromatic rings. The lowest BCUT2D eigenvalue weighted by Gasteiger charge is -2.50. The summed E-state index contributed by atoms with van der Waals surface area (Å²) in [7, 11) is 0. The lowest BCUT2D eigenvalue weighted by Crippen LogP contribution is -2.61. The van der Waals surface area contributed by atoms with Gasteiger partial charge >= 0.3 is 18.1 Å². The van der Waals surface area contributed by atoms with E-state index in [0.717, 1.165) is 17.5 Å². The maximum atomic E-state index is 14.3. The maximum absolute atomic E-state index is 14.3. The molecule has 6 fully saturated rings. The van der Waals surface area contributed by atoms with Crippen LogP contribution >= 0.6 is 0 Å². The average molecular weight is 738 g/mol. The predicted molar refractivity (Wildman–Crippen MR) is 168 cm³/mol. The Hall–Kier alpha value is -2.89. The van der Waals surface area contributed by atoms with Crippen LogP contribution in [0, 0.1) is 46.8 Å². The minimum atomic E-state index is -5.16. The fraction of sp³-hybridized carbons (Fsp3) is 0.794. The minimum Gasteiger partial charge on any atom is -0.590 e. The summed E-state index contributed by atoms with van der Waals surface area (Å²) < 4.78 is 104. The standard InChI is InChI=1S/C34H46F6N4O7/c1-17-4-7-22(24-16-48-19(3)6-8-21(17)24)25(30(46)34(38,39)40)15-47-14-20-12-42-43-44(20)13-23(29(45)33(35,36)37)27-9-5-18(2)26-10-11-28-49-31(41)32(26,27)51-50-28/h12,17-19,21-22,24,26-28,41,45-46H,4-11,13-16H2,1-3H3/p+1/b29-23-,30-25-,41-31?/t17-,18-,19+,21?,22-,24?,26+,27+,28-,32-/m1/s1. The van der Waals surface area contributed by atoms with Crippen molar-refractivity contribution in [3.05, 3.63) is 34.6 Å². The number of aliphatic hydroxyl groups is 1. The second-order valence-electron chi connectivity index (χ2n) is 15.0. The molecule has 1 spiro atoms. The first-order valence-electron chi connectivity index (χ1n) is 17.7. The second kappa shape index (κ2) is 14.5. The summed E-state index contributed by atoms with van der Waals surface area (Å²) in [6.07, 6.45) is -5.57. The van der Waals surface area contributed by atoms with Gasteiger partial charge in [0.2, 0.25) is 12.2 Å². The molecule has 0 radical (unpaired) electrons. The number of halogens is 6. The fourth-order valence-electron chi connectivity index (χ4n) is 9.32. The Morgan fingerprint density at radius 3 is 2.43 bits per heavy atom. The van der Waals surface area contributed by atoms with Crippen molar-refractivity contribution in [2.45, 2.75) is 116 Å². The highest BCUT2D eigenvalue weighted by atomic mass is 19.4. The summed E-state index contributed by atoms with van der Waals surface area (Å²) >= 11 is 0. The quantitative estimate of drug-likeness (QED) is 0.131. The van der Waals surface area contributed by atoms with E-state index in [1.807, 2.05) is 13.8 Å². The number of aromatic nitrogens is 3. The van der Waals surface area contributed by atoms with Crippen molar-refractivity contribution in [3.8, 4) is 0 Å². The molecule has 4 aliphatic heterocycles. The molecule has 2 unspecified atom stereocenters. The van der Waals surface area contributed by atoms with Crippen LogP contribution in [0.1, 0.15) is 77.8 Å². The lowest BCUT2D eigenvalue weighted by molar-refractivity contribution is -0.436. The summed E-state index contributed by atoms with van der Waals surface area (Å²) in [5.74, 6) is -5.76. The number of allylic oxidation sites excluding steroid dienone is 2. The molecule has 7 rings (SSSR count). The van der Waals surface area contributed by atoms with E-state index in [2.05, 4.69) is 17.2 Å². The number of fused-ring (bicyclic) bond motifs is 4. The highest BCUT2D eigenvalue weighted by Gasteiger charge is 2.63. The van der Waals surface area contributed by atoms with Gasteiger partial charge in [0.15, 0.2) is 11.4 Å². The van der Waals surface area contributed by atoms with E-state index in [1.54, 1.807) is 0 Å². The van der Waals surface area contributed by atoms with E-state index >= 15 is 0 Å². The molecule has 5 heterocycles. The molecule has 4 saturated heterocycles. The molecule has 4 N–H and O–H groups in total. The Morgan fingerprint density at radius 2 is 1.73 bits per heavy atom. The predicted octanol–water partition coefficient (Wildman–Crippen LogP) is 6.66. The van der Waals surface area contributed by atoms with Crippen molar-refractivity contribution >= 4 is 5.90 Å². The van der Waals surface area contributed by atoms with Crippen molar-refractivity contribution in [2.75, 3.05) is 13.2 Å². The number of alkyl halides is 6. The Labute approximate surface area is 291 Å². The number of aliphatic hydroxyl groups excluding tert-OH is 1. The first-order valence-corrected chi connectivity index (χ1v) is 17.7. The van der Waals surface area contributed by atoms with Crippen LogP contribution in [0.5, 0.6) is 0 Å². The van der Waals surface area contributed by atoms with Gasteiger partial charge in [-0.25, -0.2) is 9.57 Å². The van der Waals surface area contributed by atoms with E-state index in [1.165, 1.54) is 6.20 Å². The number of nitrogens with one attached hydrogen (secondary N) is 1. The summed E-state index contributed by atoms with van der Waals surface area (Å²) in [5.41, 5.74) is -2.29. The maximum Gasteiger partial charge on any atom is 0.500 e. The molecule has 10 atom stereocenters. The zero-order valence-corrected chi connectivity index (χ0v) is 28.9. The molecule has 11 nitrogen and oxygen atoms in total. The smallest absolute Gasteiger partial charge is 0.500 e. The summed E-state index contributed by atoms with van der Waals surface area (Å²) in [4.78, 5) is 11.2. The second-order valence-corrected chi connectivity index (χ2v) is 15.0. The molecule has 2 bridgehead atoms. The average Bonchev–Trinajstić information content (AvgIpc) is 3.19. The van der Waals surface area contributed by atoms with Crippen LogP contribution in [-0.4, -0.2) is 74.7 Å². The van der Waals surface area contributed by atoms with Gasteiger partial charge in [-0.1, -0.05) is 19.1 Å². The lowest BCUT2D eigenvalue weighted by atomic mass is 9.60. The minimum absolute atomic E-state index is 0.0222. The molecule has 1 aromatic heterocycles. The van der Waals surface area contributed by atoms with Crippen LogP contribution in [0.15, 0.2) is 28.9 Å². The van der Waals surface area contributed by atoms with Crippen LogP contribution in [0.2, 0.25) is 0 Å². The Kier molecular flexibility index (Phi) is 10.8. The molecular formula is C34H47F6N4O7+. The number of rotatable bonds is 8. The fourth-order valence-corrected chi connectivity index (χ4v) is 9.32. The Morgan fingerprint density at radius 1 is 0.980 bits per heavy atom. The zero-order chi connectivity index (χ0) is 36.9. The molecular weight excluding hydrogens is 690 g/mol. The van der Waals surface area contributed by atoms with Crippen molar-refractivity contribution in [3.63, 3.8) is 0 Å². The molecule has 6 aliphatic rings. The van der Waals surface area contributed by atoms with Gasteiger partial charge < -0.3 is 24.4 Å². The molecule has 2 aliphatic carbocycles. The monoisotopic (exact) mass is 737 g/mol. The van der Waals surface area contributed by atoms with E-state index < -0.39 is 72.2 Å². The van der Waals surface area contributed by atoms with Gasteiger partial charge in [0.1, 0.15) is 0 Å². The molecule has 2 saturated carbocycles. The van der Waals surface area contributed by atoms with Crippen LogP contribution < -0.4 is 0 Å². The van der Waals surface area contributed by atoms with Gasteiger partial charge in [-0.3, -0.25) is 5.41 Å². The third kappa shape index (κ3) is 7.36. The molecule has 286 valence electrons. The van der Waals surface area contributed by atoms with Crippen LogP contribution in [0.3, 0.4) is 0 Å². The van der Waals surface area contributed by atoms with Gasteiger partial charge in [-0.15, -0.1) is 5.10 Å². The SMILES string of the molecule is C[C@@H]1CC[C@@H](/C(COCc2cnnn2C/C(=C(/O)C(F)(F)F)[C@@H]2CC[C@@H](C)[C@@H]3CC[C@H]4OO[C@@]23C(=N)O4)=C(\[OH2+])C(F)(F)F)C2CO[C@@H](C)CCC21. The third-order valence-electron chi connectivity index (χ3n) is 12.1. The van der Waals surface area contributed by atoms with Crippen molar-refractivity contribution in [2.24, 2.45) is 41.4 Å². The van der Waals surface area contributed by atoms with E-state index in [9.17, 15) is 31.4 Å². The van der Waals surface area contributed by atoms with Crippen LogP contribution in [0.25, 0.3) is 0 Å². The summed E-state index contributed by atoms with van der Waals surface area (Å²) in [6.45, 7) is 4.70.